The summed E-state index contributed by atoms with van der Waals surface area (Å²) in [7, 11) is 0. The van der Waals surface area contributed by atoms with E-state index in [-0.39, 0.29) is 11.9 Å². The number of halogens is 1. The minimum atomic E-state index is -0.395. The van der Waals surface area contributed by atoms with Crippen LogP contribution in [0, 0.1) is 5.92 Å². The van der Waals surface area contributed by atoms with Crippen molar-refractivity contribution in [3.63, 3.8) is 0 Å². The Balaban J connectivity index is 1.78. The number of nitrogens with zero attached hydrogens (tertiary/aromatic N) is 1. The van der Waals surface area contributed by atoms with E-state index in [2.05, 4.69) is 0 Å². The molecule has 1 saturated heterocycles. The number of ether oxygens (including phenoxy) is 1. The van der Waals surface area contributed by atoms with Crippen molar-refractivity contribution in [2.24, 2.45) is 5.92 Å². The van der Waals surface area contributed by atoms with E-state index in [0.29, 0.717) is 30.4 Å². The summed E-state index contributed by atoms with van der Waals surface area (Å²) >= 11 is 5.93. The van der Waals surface area contributed by atoms with Gasteiger partial charge in [0.05, 0.1) is 25.2 Å². The molecule has 0 saturated carbocycles. The van der Waals surface area contributed by atoms with Gasteiger partial charge in [0.2, 0.25) is 0 Å². The van der Waals surface area contributed by atoms with E-state index in [1.807, 2.05) is 6.92 Å². The molecule has 1 aliphatic heterocycles. The molecule has 23 heavy (non-hydrogen) atoms. The summed E-state index contributed by atoms with van der Waals surface area (Å²) in [5.74, 6) is -0.629. The van der Waals surface area contributed by atoms with Crippen LogP contribution in [0.2, 0.25) is 5.02 Å². The monoisotopic (exact) mass is 339 g/mol. The van der Waals surface area contributed by atoms with E-state index in [0.717, 1.165) is 24.9 Å². The molecule has 0 radical (unpaired) electrons. The van der Waals surface area contributed by atoms with Crippen molar-refractivity contribution in [3.8, 4) is 0 Å². The molecule has 124 valence electrons. The average Bonchev–Trinajstić information content (AvgIpc) is 2.83. The van der Waals surface area contributed by atoms with E-state index in [9.17, 15) is 9.59 Å². The highest BCUT2D eigenvalue weighted by Crippen LogP contribution is 2.18. The maximum atomic E-state index is 12.1. The van der Waals surface area contributed by atoms with Crippen LogP contribution in [0.15, 0.2) is 27.4 Å². The zero-order valence-electron chi connectivity index (χ0n) is 13.0. The highest BCUT2D eigenvalue weighted by molar-refractivity contribution is 6.31. The van der Waals surface area contributed by atoms with E-state index in [1.165, 1.54) is 4.90 Å². The topological polar surface area (TPSA) is 65.9 Å². The van der Waals surface area contributed by atoms with E-state index in [1.54, 1.807) is 22.8 Å². The molecule has 0 aliphatic carbocycles. The smallest absolute Gasteiger partial charge is 0.424 e. The first-order valence-corrected chi connectivity index (χ1v) is 8.25. The Labute approximate surface area is 138 Å². The summed E-state index contributed by atoms with van der Waals surface area (Å²) in [6, 6.07) is 5.17. The maximum absolute atomic E-state index is 12.1. The summed E-state index contributed by atoms with van der Waals surface area (Å²) in [6.45, 7) is 4.28. The number of quaternary nitrogens is 1. The van der Waals surface area contributed by atoms with Gasteiger partial charge in [-0.05, 0) is 31.9 Å². The van der Waals surface area contributed by atoms with Crippen molar-refractivity contribution in [3.05, 3.63) is 33.8 Å². The summed E-state index contributed by atoms with van der Waals surface area (Å²) in [4.78, 5) is 25.2. The Hall–Kier alpha value is -1.79. The van der Waals surface area contributed by atoms with Crippen LogP contribution in [0.5, 0.6) is 0 Å². The predicted molar refractivity (Wildman–Crippen MR) is 85.5 cm³/mol. The summed E-state index contributed by atoms with van der Waals surface area (Å²) in [5, 5.41) is 0.533. The lowest BCUT2D eigenvalue weighted by Gasteiger charge is -2.28. The predicted octanol–water partition coefficient (Wildman–Crippen LogP) is 1.06. The van der Waals surface area contributed by atoms with Crippen molar-refractivity contribution in [1.29, 1.82) is 0 Å². The van der Waals surface area contributed by atoms with Crippen LogP contribution in [-0.4, -0.2) is 30.2 Å². The van der Waals surface area contributed by atoms with Crippen LogP contribution in [-0.2, 0) is 16.2 Å². The first kappa shape index (κ1) is 16.1. The fourth-order valence-corrected chi connectivity index (χ4v) is 3.33. The van der Waals surface area contributed by atoms with Crippen LogP contribution in [0.3, 0.4) is 0 Å². The number of carbonyl (C=O) groups is 1. The van der Waals surface area contributed by atoms with Crippen molar-refractivity contribution in [2.75, 3.05) is 19.7 Å². The van der Waals surface area contributed by atoms with Gasteiger partial charge in [0.25, 0.3) is 0 Å². The number of nitrogens with one attached hydrogen (secondary N) is 1. The molecular formula is C16H20ClN2O4+. The van der Waals surface area contributed by atoms with Crippen LogP contribution >= 0.6 is 11.6 Å². The van der Waals surface area contributed by atoms with Crippen LogP contribution in [0.1, 0.15) is 19.8 Å². The Kier molecular flexibility index (Phi) is 4.73. The van der Waals surface area contributed by atoms with Crippen molar-refractivity contribution in [1.82, 2.24) is 4.57 Å². The largest absolute Gasteiger partial charge is 0.466 e. The molecule has 1 unspecified atom stereocenters. The third kappa shape index (κ3) is 3.43. The highest BCUT2D eigenvalue weighted by Gasteiger charge is 2.30. The number of piperidine rings is 1. The van der Waals surface area contributed by atoms with E-state index in [4.69, 9.17) is 20.8 Å². The molecule has 3 rings (SSSR count). The zero-order chi connectivity index (χ0) is 16.4. The number of fused-ring (bicyclic) bond motifs is 1. The minimum Gasteiger partial charge on any atom is -0.466 e. The second kappa shape index (κ2) is 6.76. The molecule has 0 bridgehead atoms. The van der Waals surface area contributed by atoms with Gasteiger partial charge in [-0.3, -0.25) is 4.79 Å². The third-order valence-electron chi connectivity index (χ3n) is 4.25. The molecule has 0 amide bonds. The molecule has 1 N–H and O–H groups in total. The number of aromatic nitrogens is 1. The molecule has 0 spiro atoms. The molecule has 1 fully saturated rings. The number of benzene rings is 1. The van der Waals surface area contributed by atoms with Gasteiger partial charge in [-0.25, -0.2) is 9.36 Å². The van der Waals surface area contributed by atoms with Crippen LogP contribution < -0.4 is 10.7 Å². The molecule has 2 heterocycles. The molecule has 1 aliphatic rings. The van der Waals surface area contributed by atoms with Gasteiger partial charge in [0, 0.05) is 11.1 Å². The summed E-state index contributed by atoms with van der Waals surface area (Å²) < 4.78 is 12.0. The van der Waals surface area contributed by atoms with Gasteiger partial charge in [0.1, 0.15) is 5.92 Å². The Bertz CT molecular complexity index is 767. The van der Waals surface area contributed by atoms with Crippen LogP contribution in [0.4, 0.5) is 0 Å². The zero-order valence-corrected chi connectivity index (χ0v) is 13.8. The quantitative estimate of drug-likeness (QED) is 0.846. The minimum absolute atomic E-state index is 0.0954. The second-order valence-corrected chi connectivity index (χ2v) is 6.30. The molecule has 1 aromatic heterocycles. The number of rotatable bonds is 4. The van der Waals surface area contributed by atoms with Gasteiger partial charge >= 0.3 is 11.7 Å². The number of hydrogen-bond acceptors (Lipinski definition) is 4. The number of esters is 1. The Morgan fingerprint density at radius 2 is 2.35 bits per heavy atom. The summed E-state index contributed by atoms with van der Waals surface area (Å²) in [5.41, 5.74) is 1.21. The molecule has 1 aromatic carbocycles. The lowest BCUT2D eigenvalue weighted by atomic mass is 9.98. The van der Waals surface area contributed by atoms with Gasteiger partial charge in [-0.1, -0.05) is 11.6 Å². The van der Waals surface area contributed by atoms with Crippen LogP contribution in [0.25, 0.3) is 11.1 Å². The summed E-state index contributed by atoms with van der Waals surface area (Å²) in [6.07, 6.45) is 1.79. The highest BCUT2D eigenvalue weighted by atomic mass is 35.5. The SMILES string of the molecule is CCOC(=O)[C@H]1CCC[NH+](Cn2c(=O)oc3cc(Cl)ccc32)C1. The van der Waals surface area contributed by atoms with E-state index >= 15 is 0 Å². The number of carbonyl (C=O) groups excluding carboxylic acids is 1. The Morgan fingerprint density at radius 3 is 3.13 bits per heavy atom. The lowest BCUT2D eigenvalue weighted by Crippen LogP contribution is -3.13. The number of hydrogen-bond donors (Lipinski definition) is 1. The van der Waals surface area contributed by atoms with Gasteiger partial charge in [0.15, 0.2) is 12.3 Å². The molecule has 6 nitrogen and oxygen atoms in total. The standard InChI is InChI=1S/C16H19ClN2O4/c1-2-22-15(20)11-4-3-7-18(9-11)10-19-13-6-5-12(17)8-14(13)23-16(19)21/h5-6,8,11H,2-4,7,9-10H2,1H3/p+1/t11-/m0/s1. The third-order valence-corrected chi connectivity index (χ3v) is 4.49. The maximum Gasteiger partial charge on any atom is 0.424 e. The second-order valence-electron chi connectivity index (χ2n) is 5.86. The fourth-order valence-electron chi connectivity index (χ4n) is 3.17. The van der Waals surface area contributed by atoms with Gasteiger partial charge in [-0.2, -0.15) is 0 Å². The van der Waals surface area contributed by atoms with Gasteiger partial charge in [-0.15, -0.1) is 0 Å². The number of oxazole rings is 1. The Morgan fingerprint density at radius 1 is 1.52 bits per heavy atom. The lowest BCUT2D eigenvalue weighted by molar-refractivity contribution is -0.929. The average molecular weight is 340 g/mol. The molecular weight excluding hydrogens is 320 g/mol. The normalized spacial score (nSPS) is 21.5. The van der Waals surface area contributed by atoms with Crippen molar-refractivity contribution in [2.45, 2.75) is 26.4 Å². The first-order chi connectivity index (χ1) is 11.1. The fraction of sp³-hybridized carbons (Fsp3) is 0.500. The molecule has 2 atom stereocenters. The van der Waals surface area contributed by atoms with E-state index < -0.39 is 5.76 Å². The number of likely N-dealkylation sites (tertiary alicyclic amines) is 1. The van der Waals surface area contributed by atoms with Crippen molar-refractivity contribution >= 4 is 28.7 Å². The van der Waals surface area contributed by atoms with Gasteiger partial charge < -0.3 is 14.1 Å². The van der Waals surface area contributed by atoms with Crippen molar-refractivity contribution < 1.29 is 18.8 Å². The first-order valence-electron chi connectivity index (χ1n) is 7.87. The molecule has 7 heteroatoms. The molecule has 2 aromatic rings.